The smallest absolute Gasteiger partial charge is 0.251 e. The molecule has 1 saturated heterocycles. The van der Waals surface area contributed by atoms with Crippen molar-refractivity contribution >= 4 is 16.8 Å². The number of nitrogens with zero attached hydrogens (tertiary/aromatic N) is 1. The van der Waals surface area contributed by atoms with Crippen molar-refractivity contribution in [3.63, 3.8) is 0 Å². The van der Waals surface area contributed by atoms with Crippen molar-refractivity contribution < 1.29 is 4.79 Å². The van der Waals surface area contributed by atoms with Crippen molar-refractivity contribution in [3.8, 4) is 0 Å². The second-order valence-electron chi connectivity index (χ2n) is 5.96. The van der Waals surface area contributed by atoms with E-state index in [4.69, 9.17) is 0 Å². The number of H-pyrrole nitrogens is 1. The van der Waals surface area contributed by atoms with E-state index in [1.54, 1.807) is 0 Å². The van der Waals surface area contributed by atoms with Gasteiger partial charge >= 0.3 is 0 Å². The first kappa shape index (κ1) is 12.0. The van der Waals surface area contributed by atoms with Crippen molar-refractivity contribution in [3.05, 3.63) is 36.0 Å². The van der Waals surface area contributed by atoms with Crippen LogP contribution in [0.3, 0.4) is 0 Å². The van der Waals surface area contributed by atoms with Crippen LogP contribution >= 0.6 is 0 Å². The summed E-state index contributed by atoms with van der Waals surface area (Å²) in [5.74, 6) is 0.0455. The van der Waals surface area contributed by atoms with Gasteiger partial charge in [-0.2, -0.15) is 0 Å². The van der Waals surface area contributed by atoms with Crippen molar-refractivity contribution in [2.45, 2.75) is 31.3 Å². The number of hydrogen-bond donors (Lipinski definition) is 2. The molecule has 2 aromatic rings. The van der Waals surface area contributed by atoms with E-state index in [-0.39, 0.29) is 5.91 Å². The molecule has 2 N–H and O–H groups in total. The zero-order valence-electron chi connectivity index (χ0n) is 11.4. The van der Waals surface area contributed by atoms with Crippen molar-refractivity contribution in [1.29, 1.82) is 0 Å². The molecule has 1 saturated carbocycles. The molecule has 1 atom stereocenters. The third-order valence-electron chi connectivity index (χ3n) is 4.44. The summed E-state index contributed by atoms with van der Waals surface area (Å²) in [5.41, 5.74) is 1.76. The summed E-state index contributed by atoms with van der Waals surface area (Å²) in [5, 5.41) is 4.31. The number of carbonyl (C=O) groups excluding carboxylic acids is 1. The van der Waals surface area contributed by atoms with Gasteiger partial charge in [-0.05, 0) is 42.8 Å². The van der Waals surface area contributed by atoms with E-state index < -0.39 is 0 Å². The lowest BCUT2D eigenvalue weighted by Crippen LogP contribution is -2.37. The molecule has 0 bridgehead atoms. The number of aromatic amines is 1. The average molecular weight is 269 g/mol. The molecule has 2 aliphatic rings. The Hall–Kier alpha value is -1.81. The summed E-state index contributed by atoms with van der Waals surface area (Å²) in [6.45, 7) is 2.15. The molecule has 1 amide bonds. The lowest BCUT2D eigenvalue weighted by atomic mass is 10.1. The molecule has 1 aromatic heterocycles. The minimum atomic E-state index is 0.0455. The Labute approximate surface area is 118 Å². The van der Waals surface area contributed by atoms with Gasteiger partial charge in [0, 0.05) is 42.5 Å². The van der Waals surface area contributed by atoms with Crippen molar-refractivity contribution in [2.24, 2.45) is 0 Å². The highest BCUT2D eigenvalue weighted by atomic mass is 16.1. The minimum absolute atomic E-state index is 0.0455. The molecule has 4 nitrogen and oxygen atoms in total. The largest absolute Gasteiger partial charge is 0.361 e. The molecule has 104 valence electrons. The van der Waals surface area contributed by atoms with Gasteiger partial charge in [-0.1, -0.05) is 6.07 Å². The monoisotopic (exact) mass is 269 g/mol. The molecule has 0 spiro atoms. The SMILES string of the molecule is O=C(NC1CCN(C2CC2)C1)c1ccc2cc[nH]c2c1. The summed E-state index contributed by atoms with van der Waals surface area (Å²) in [6, 6.07) is 8.94. The Morgan fingerprint density at radius 3 is 3.00 bits per heavy atom. The van der Waals surface area contributed by atoms with Gasteiger partial charge in [0.2, 0.25) is 0 Å². The Morgan fingerprint density at radius 2 is 2.15 bits per heavy atom. The lowest BCUT2D eigenvalue weighted by molar-refractivity contribution is 0.0937. The highest BCUT2D eigenvalue weighted by Crippen LogP contribution is 2.29. The molecule has 20 heavy (non-hydrogen) atoms. The van der Waals surface area contributed by atoms with Crippen LogP contribution in [0.25, 0.3) is 10.9 Å². The molecule has 1 aromatic carbocycles. The first-order chi connectivity index (χ1) is 9.79. The van der Waals surface area contributed by atoms with Gasteiger partial charge in [0.1, 0.15) is 0 Å². The summed E-state index contributed by atoms with van der Waals surface area (Å²) in [4.78, 5) is 18.0. The average Bonchev–Trinajstić information content (AvgIpc) is 3.02. The molecule has 2 fully saturated rings. The number of benzene rings is 1. The van der Waals surface area contributed by atoms with Gasteiger partial charge in [0.15, 0.2) is 0 Å². The zero-order valence-corrected chi connectivity index (χ0v) is 11.4. The number of fused-ring (bicyclic) bond motifs is 1. The Kier molecular flexibility index (Phi) is 2.77. The van der Waals surface area contributed by atoms with Gasteiger partial charge in [0.25, 0.3) is 5.91 Å². The summed E-state index contributed by atoms with van der Waals surface area (Å²) >= 11 is 0. The topological polar surface area (TPSA) is 48.1 Å². The van der Waals surface area contributed by atoms with Crippen LogP contribution in [-0.2, 0) is 0 Å². The second kappa shape index (κ2) is 4.63. The first-order valence-corrected chi connectivity index (χ1v) is 7.42. The van der Waals surface area contributed by atoms with Crippen LogP contribution in [0.15, 0.2) is 30.5 Å². The van der Waals surface area contributed by atoms with E-state index in [9.17, 15) is 4.79 Å². The highest BCUT2D eigenvalue weighted by Gasteiger charge is 2.34. The summed E-state index contributed by atoms with van der Waals surface area (Å²) < 4.78 is 0. The number of likely N-dealkylation sites (tertiary alicyclic amines) is 1. The highest BCUT2D eigenvalue weighted by molar-refractivity contribution is 5.98. The Morgan fingerprint density at radius 1 is 1.25 bits per heavy atom. The van der Waals surface area contributed by atoms with Crippen LogP contribution in [0, 0.1) is 0 Å². The summed E-state index contributed by atoms with van der Waals surface area (Å²) in [6.07, 6.45) is 5.65. The maximum atomic E-state index is 12.3. The predicted molar refractivity (Wildman–Crippen MR) is 78.8 cm³/mol. The molecule has 1 aliphatic carbocycles. The number of nitrogens with one attached hydrogen (secondary N) is 2. The Balaban J connectivity index is 1.44. The van der Waals surface area contributed by atoms with Crippen molar-refractivity contribution in [1.82, 2.24) is 15.2 Å². The van der Waals surface area contributed by atoms with E-state index >= 15 is 0 Å². The number of aromatic nitrogens is 1. The summed E-state index contributed by atoms with van der Waals surface area (Å²) in [7, 11) is 0. The second-order valence-corrected chi connectivity index (χ2v) is 5.96. The van der Waals surface area contributed by atoms with Gasteiger partial charge in [-0.15, -0.1) is 0 Å². The van der Waals surface area contributed by atoms with Gasteiger partial charge in [-0.3, -0.25) is 9.69 Å². The molecule has 1 unspecified atom stereocenters. The molecule has 1 aliphatic heterocycles. The standard InChI is InChI=1S/C16H19N3O/c20-16(12-2-1-11-5-7-17-15(11)9-12)18-13-6-8-19(10-13)14-3-4-14/h1-2,5,7,9,13-14,17H,3-4,6,8,10H2,(H,18,20). The normalized spacial score (nSPS) is 23.3. The number of amides is 1. The molecule has 4 heteroatoms. The predicted octanol–water partition coefficient (Wildman–Crippen LogP) is 2.13. The van der Waals surface area contributed by atoms with Gasteiger partial charge in [-0.25, -0.2) is 0 Å². The van der Waals surface area contributed by atoms with E-state index in [1.807, 2.05) is 30.5 Å². The number of rotatable bonds is 3. The molecule has 0 radical (unpaired) electrons. The van der Waals surface area contributed by atoms with Crippen LogP contribution in [0.2, 0.25) is 0 Å². The van der Waals surface area contributed by atoms with Crippen LogP contribution in [0.5, 0.6) is 0 Å². The van der Waals surface area contributed by atoms with Crippen LogP contribution in [0.4, 0.5) is 0 Å². The van der Waals surface area contributed by atoms with E-state index in [1.165, 1.54) is 12.8 Å². The van der Waals surface area contributed by atoms with E-state index in [0.717, 1.165) is 42.0 Å². The maximum absolute atomic E-state index is 12.3. The Bertz CT molecular complexity index is 644. The van der Waals surface area contributed by atoms with Crippen LogP contribution in [0.1, 0.15) is 29.6 Å². The quantitative estimate of drug-likeness (QED) is 0.897. The molecule has 4 rings (SSSR count). The molecular formula is C16H19N3O. The third kappa shape index (κ3) is 2.20. The van der Waals surface area contributed by atoms with E-state index in [2.05, 4.69) is 15.2 Å². The first-order valence-electron chi connectivity index (χ1n) is 7.42. The number of carbonyl (C=O) groups is 1. The van der Waals surface area contributed by atoms with E-state index in [0.29, 0.717) is 6.04 Å². The fourth-order valence-electron chi connectivity index (χ4n) is 3.13. The third-order valence-corrected chi connectivity index (χ3v) is 4.44. The maximum Gasteiger partial charge on any atom is 0.251 e. The fourth-order valence-corrected chi connectivity index (χ4v) is 3.13. The minimum Gasteiger partial charge on any atom is -0.361 e. The zero-order chi connectivity index (χ0) is 13.5. The fraction of sp³-hybridized carbons (Fsp3) is 0.438. The van der Waals surface area contributed by atoms with Crippen molar-refractivity contribution in [2.75, 3.05) is 13.1 Å². The van der Waals surface area contributed by atoms with Crippen LogP contribution < -0.4 is 5.32 Å². The molecular weight excluding hydrogens is 250 g/mol. The number of hydrogen-bond acceptors (Lipinski definition) is 2. The molecule has 2 heterocycles. The van der Waals surface area contributed by atoms with Crippen LogP contribution in [-0.4, -0.2) is 41.0 Å². The van der Waals surface area contributed by atoms with Gasteiger partial charge < -0.3 is 10.3 Å². The lowest BCUT2D eigenvalue weighted by Gasteiger charge is -2.15. The van der Waals surface area contributed by atoms with Gasteiger partial charge in [0.05, 0.1) is 0 Å².